The monoisotopic (exact) mass is 361 g/mol. The normalized spacial score (nSPS) is 15.1. The van der Waals surface area contributed by atoms with Crippen LogP contribution in [0.15, 0.2) is 66.9 Å². The summed E-state index contributed by atoms with van der Waals surface area (Å²) in [5.74, 6) is 0.0752. The Morgan fingerprint density at radius 3 is 2.26 bits per heavy atom. The number of quaternary nitrogens is 1. The molecule has 1 amide bonds. The van der Waals surface area contributed by atoms with Crippen molar-refractivity contribution in [2.75, 3.05) is 32.7 Å². The molecule has 0 bridgehead atoms. The predicted octanol–water partition coefficient (Wildman–Crippen LogP) is 1.90. The molecule has 2 heterocycles. The number of carbonyl (C=O) groups is 1. The van der Waals surface area contributed by atoms with Gasteiger partial charge < -0.3 is 9.80 Å². The molecule has 3 aromatic rings. The molecule has 1 aliphatic rings. The van der Waals surface area contributed by atoms with E-state index in [2.05, 4.69) is 6.92 Å². The van der Waals surface area contributed by atoms with E-state index in [1.807, 2.05) is 76.4 Å². The van der Waals surface area contributed by atoms with Gasteiger partial charge in [-0.05, 0) is 19.1 Å². The first-order valence-corrected chi connectivity index (χ1v) is 9.59. The number of rotatable bonds is 4. The molecule has 1 saturated heterocycles. The van der Waals surface area contributed by atoms with E-state index in [1.165, 1.54) is 0 Å². The second kappa shape index (κ2) is 7.76. The zero-order valence-corrected chi connectivity index (χ0v) is 15.6. The third-order valence-electron chi connectivity index (χ3n) is 5.27. The van der Waals surface area contributed by atoms with E-state index < -0.39 is 0 Å². The first kappa shape index (κ1) is 17.5. The van der Waals surface area contributed by atoms with Crippen molar-refractivity contribution >= 4 is 5.91 Å². The molecule has 0 atom stereocenters. The Kier molecular flexibility index (Phi) is 5.03. The molecule has 0 radical (unpaired) electrons. The van der Waals surface area contributed by atoms with Crippen LogP contribution >= 0.6 is 0 Å². The van der Waals surface area contributed by atoms with Gasteiger partial charge in [0.2, 0.25) is 0 Å². The number of piperazine rings is 1. The van der Waals surface area contributed by atoms with E-state index in [0.29, 0.717) is 5.56 Å². The second-order valence-electron chi connectivity index (χ2n) is 6.93. The highest BCUT2D eigenvalue weighted by molar-refractivity contribution is 6.00. The fourth-order valence-corrected chi connectivity index (χ4v) is 3.60. The third kappa shape index (κ3) is 3.64. The third-order valence-corrected chi connectivity index (χ3v) is 5.27. The minimum atomic E-state index is 0.0752. The molecular weight excluding hydrogens is 336 g/mol. The summed E-state index contributed by atoms with van der Waals surface area (Å²) in [6, 6.07) is 19.9. The Morgan fingerprint density at radius 2 is 1.63 bits per heavy atom. The quantitative estimate of drug-likeness (QED) is 0.771. The Morgan fingerprint density at radius 1 is 1.00 bits per heavy atom. The summed E-state index contributed by atoms with van der Waals surface area (Å²) in [6.07, 6.45) is 1.87. The zero-order valence-electron chi connectivity index (χ0n) is 15.6. The molecule has 0 aliphatic carbocycles. The molecular formula is C22H25N4O+. The number of nitrogens with zero attached hydrogens (tertiary/aromatic N) is 3. The summed E-state index contributed by atoms with van der Waals surface area (Å²) in [6.45, 7) is 6.93. The molecule has 1 N–H and O–H groups in total. The Bertz CT molecular complexity index is 897. The average Bonchev–Trinajstić information content (AvgIpc) is 3.20. The molecule has 0 spiro atoms. The van der Waals surface area contributed by atoms with Gasteiger partial charge in [0, 0.05) is 11.8 Å². The molecule has 1 aliphatic heterocycles. The van der Waals surface area contributed by atoms with Crippen molar-refractivity contribution in [2.24, 2.45) is 0 Å². The maximum Gasteiger partial charge on any atom is 0.258 e. The maximum absolute atomic E-state index is 13.3. The van der Waals surface area contributed by atoms with E-state index in [-0.39, 0.29) is 5.91 Å². The average molecular weight is 361 g/mol. The zero-order chi connectivity index (χ0) is 18.6. The first-order valence-electron chi connectivity index (χ1n) is 9.59. The van der Waals surface area contributed by atoms with E-state index >= 15 is 0 Å². The molecule has 27 heavy (non-hydrogen) atoms. The molecule has 1 aromatic heterocycles. The largest absolute Gasteiger partial charge is 0.332 e. The summed E-state index contributed by atoms with van der Waals surface area (Å²) >= 11 is 0. The van der Waals surface area contributed by atoms with Crippen molar-refractivity contribution in [1.82, 2.24) is 14.7 Å². The molecule has 1 fully saturated rings. The van der Waals surface area contributed by atoms with Gasteiger partial charge in [0.1, 0.15) is 5.69 Å². The van der Waals surface area contributed by atoms with Gasteiger partial charge in [0.05, 0.1) is 44.0 Å². The van der Waals surface area contributed by atoms with Crippen LogP contribution in [-0.4, -0.2) is 53.3 Å². The lowest BCUT2D eigenvalue weighted by Crippen LogP contribution is -3.14. The number of carbonyl (C=O) groups excluding carboxylic acids is 1. The number of benzene rings is 2. The number of amides is 1. The van der Waals surface area contributed by atoms with Crippen molar-refractivity contribution in [1.29, 1.82) is 0 Å². The van der Waals surface area contributed by atoms with Gasteiger partial charge in [-0.1, -0.05) is 48.5 Å². The van der Waals surface area contributed by atoms with Crippen LogP contribution in [0, 0.1) is 0 Å². The summed E-state index contributed by atoms with van der Waals surface area (Å²) in [7, 11) is 0. The van der Waals surface area contributed by atoms with Crippen LogP contribution in [0.2, 0.25) is 0 Å². The van der Waals surface area contributed by atoms with Crippen molar-refractivity contribution in [3.63, 3.8) is 0 Å². The second-order valence-corrected chi connectivity index (χ2v) is 6.93. The van der Waals surface area contributed by atoms with Crippen LogP contribution in [0.4, 0.5) is 0 Å². The molecule has 4 rings (SSSR count). The minimum Gasteiger partial charge on any atom is -0.332 e. The standard InChI is InChI=1S/C22H24N4O/c1-2-24-13-15-25(16-14-24)22(27)20-17-26(19-11-7-4-8-12-19)23-21(20)18-9-5-3-6-10-18/h3-12,17H,2,13-16H2,1H3/p+1. The highest BCUT2D eigenvalue weighted by atomic mass is 16.2. The van der Waals surface area contributed by atoms with Crippen LogP contribution in [0.5, 0.6) is 0 Å². The Labute approximate surface area is 159 Å². The Balaban J connectivity index is 1.70. The number of hydrogen-bond donors (Lipinski definition) is 1. The van der Waals surface area contributed by atoms with Crippen molar-refractivity contribution < 1.29 is 9.69 Å². The molecule has 0 saturated carbocycles. The van der Waals surface area contributed by atoms with Crippen molar-refractivity contribution in [3.05, 3.63) is 72.4 Å². The first-order chi connectivity index (χ1) is 13.3. The van der Waals surface area contributed by atoms with Crippen LogP contribution in [0.25, 0.3) is 16.9 Å². The van der Waals surface area contributed by atoms with E-state index in [1.54, 1.807) is 4.90 Å². The predicted molar refractivity (Wildman–Crippen MR) is 106 cm³/mol. The van der Waals surface area contributed by atoms with Crippen LogP contribution in [0.3, 0.4) is 0 Å². The number of hydrogen-bond acceptors (Lipinski definition) is 2. The van der Waals surface area contributed by atoms with Crippen molar-refractivity contribution in [2.45, 2.75) is 6.92 Å². The summed E-state index contributed by atoms with van der Waals surface area (Å²) in [4.78, 5) is 16.8. The minimum absolute atomic E-state index is 0.0752. The van der Waals surface area contributed by atoms with E-state index in [4.69, 9.17) is 5.10 Å². The lowest BCUT2D eigenvalue weighted by atomic mass is 10.1. The SMILES string of the molecule is CC[NH+]1CCN(C(=O)c2cn(-c3ccccc3)nc2-c2ccccc2)CC1. The van der Waals surface area contributed by atoms with Gasteiger partial charge in [-0.25, -0.2) is 4.68 Å². The fraction of sp³-hybridized carbons (Fsp3) is 0.273. The lowest BCUT2D eigenvalue weighted by Gasteiger charge is -2.31. The fourth-order valence-electron chi connectivity index (χ4n) is 3.60. The highest BCUT2D eigenvalue weighted by Gasteiger charge is 2.27. The molecule has 138 valence electrons. The summed E-state index contributed by atoms with van der Waals surface area (Å²) < 4.78 is 1.81. The van der Waals surface area contributed by atoms with E-state index in [0.717, 1.165) is 49.7 Å². The van der Waals surface area contributed by atoms with E-state index in [9.17, 15) is 4.79 Å². The van der Waals surface area contributed by atoms with Gasteiger partial charge in [-0.15, -0.1) is 0 Å². The maximum atomic E-state index is 13.3. The molecule has 0 unspecified atom stereocenters. The number of para-hydroxylation sites is 1. The van der Waals surface area contributed by atoms with Gasteiger partial charge in [0.25, 0.3) is 5.91 Å². The van der Waals surface area contributed by atoms with Crippen LogP contribution < -0.4 is 4.90 Å². The van der Waals surface area contributed by atoms with Crippen LogP contribution in [0.1, 0.15) is 17.3 Å². The lowest BCUT2D eigenvalue weighted by molar-refractivity contribution is -0.902. The van der Waals surface area contributed by atoms with Gasteiger partial charge in [-0.3, -0.25) is 4.79 Å². The van der Waals surface area contributed by atoms with Crippen LogP contribution in [-0.2, 0) is 0 Å². The number of nitrogens with one attached hydrogen (secondary N) is 1. The molecule has 5 heteroatoms. The van der Waals surface area contributed by atoms with Crippen molar-refractivity contribution in [3.8, 4) is 16.9 Å². The number of likely N-dealkylation sites (N-methyl/N-ethyl adjacent to an activating group) is 1. The topological polar surface area (TPSA) is 42.6 Å². The summed E-state index contributed by atoms with van der Waals surface area (Å²) in [5, 5.41) is 4.76. The molecule has 5 nitrogen and oxygen atoms in total. The highest BCUT2D eigenvalue weighted by Crippen LogP contribution is 2.25. The summed E-state index contributed by atoms with van der Waals surface area (Å²) in [5.41, 5.74) is 3.34. The Hall–Kier alpha value is -2.92. The van der Waals surface area contributed by atoms with Gasteiger partial charge in [-0.2, -0.15) is 5.10 Å². The van der Waals surface area contributed by atoms with Gasteiger partial charge in [0.15, 0.2) is 0 Å². The number of aromatic nitrogens is 2. The smallest absolute Gasteiger partial charge is 0.258 e. The molecule has 2 aromatic carbocycles. The van der Waals surface area contributed by atoms with Gasteiger partial charge >= 0.3 is 0 Å².